The third kappa shape index (κ3) is 7.51. The second kappa shape index (κ2) is 12.6. The predicted octanol–water partition coefficient (Wildman–Crippen LogP) is 6.58. The fraction of sp³-hybridized carbons (Fsp3) is 0.400. The Morgan fingerprint density at radius 3 is 2.13 bits per heavy atom. The molecule has 0 saturated carbocycles. The normalized spacial score (nSPS) is 10.4. The zero-order chi connectivity index (χ0) is 21.8. The molecule has 0 aliphatic carbocycles. The summed E-state index contributed by atoms with van der Waals surface area (Å²) in [5.41, 5.74) is 0.569. The van der Waals surface area contributed by atoms with Crippen LogP contribution in [0.15, 0.2) is 36.4 Å². The van der Waals surface area contributed by atoms with E-state index in [0.717, 1.165) is 19.3 Å². The highest BCUT2D eigenvalue weighted by atomic mass is 19.2. The van der Waals surface area contributed by atoms with E-state index in [4.69, 9.17) is 9.84 Å². The summed E-state index contributed by atoms with van der Waals surface area (Å²) in [7, 11) is 0. The summed E-state index contributed by atoms with van der Waals surface area (Å²) in [4.78, 5) is 10.8. The molecule has 2 aromatic carbocycles. The number of halogens is 2. The van der Waals surface area contributed by atoms with Gasteiger partial charge in [-0.3, -0.25) is 0 Å². The molecule has 0 heterocycles. The van der Waals surface area contributed by atoms with E-state index in [1.165, 1.54) is 68.5 Å². The number of unbranched alkanes of at least 4 members (excludes halogenated alkanes) is 7. The molecule has 2 aromatic rings. The first kappa shape index (κ1) is 23.4. The molecule has 0 atom stereocenters. The van der Waals surface area contributed by atoms with Gasteiger partial charge < -0.3 is 9.84 Å². The molecule has 0 aromatic heterocycles. The van der Waals surface area contributed by atoms with Gasteiger partial charge in [-0.2, -0.15) is 4.39 Å². The number of hydrogen-bond donors (Lipinski definition) is 1. The van der Waals surface area contributed by atoms with Crippen LogP contribution in [0, 0.1) is 23.5 Å². The molecule has 3 nitrogen and oxygen atoms in total. The van der Waals surface area contributed by atoms with Gasteiger partial charge in [-0.15, -0.1) is 0 Å². The lowest BCUT2D eigenvalue weighted by Crippen LogP contribution is -2.02. The summed E-state index contributed by atoms with van der Waals surface area (Å²) in [6.07, 6.45) is 9.21. The molecule has 0 aliphatic rings. The van der Waals surface area contributed by atoms with Crippen molar-refractivity contribution < 1.29 is 23.4 Å². The van der Waals surface area contributed by atoms with Gasteiger partial charge in [0.15, 0.2) is 11.6 Å². The van der Waals surface area contributed by atoms with Gasteiger partial charge in [0.25, 0.3) is 0 Å². The molecule has 0 aliphatic heterocycles. The maximum absolute atomic E-state index is 14.3. The van der Waals surface area contributed by atoms with Crippen molar-refractivity contribution in [3.8, 4) is 17.6 Å². The number of rotatable bonds is 11. The number of aromatic carboxylic acids is 1. The van der Waals surface area contributed by atoms with Crippen molar-refractivity contribution >= 4 is 5.97 Å². The lowest BCUT2D eigenvalue weighted by Gasteiger charge is -2.08. The van der Waals surface area contributed by atoms with Crippen LogP contribution in [0.4, 0.5) is 8.78 Å². The minimum absolute atomic E-state index is 0.0748. The average molecular weight is 414 g/mol. The Labute approximate surface area is 177 Å². The topological polar surface area (TPSA) is 46.5 Å². The van der Waals surface area contributed by atoms with Crippen molar-refractivity contribution in [2.75, 3.05) is 6.61 Å². The predicted molar refractivity (Wildman–Crippen MR) is 114 cm³/mol. The highest BCUT2D eigenvalue weighted by Crippen LogP contribution is 2.23. The highest BCUT2D eigenvalue weighted by Gasteiger charge is 2.13. The first-order valence-electron chi connectivity index (χ1n) is 10.5. The van der Waals surface area contributed by atoms with E-state index in [9.17, 15) is 13.6 Å². The van der Waals surface area contributed by atoms with E-state index < -0.39 is 17.6 Å². The summed E-state index contributed by atoms with van der Waals surface area (Å²) in [6.45, 7) is 2.55. The van der Waals surface area contributed by atoms with E-state index in [-0.39, 0.29) is 16.9 Å². The first-order chi connectivity index (χ1) is 14.5. The molecule has 5 heteroatoms. The molecule has 0 saturated heterocycles. The molecule has 0 amide bonds. The van der Waals surface area contributed by atoms with Crippen molar-refractivity contribution in [2.45, 2.75) is 58.3 Å². The Morgan fingerprint density at radius 2 is 1.50 bits per heavy atom. The maximum atomic E-state index is 14.3. The minimum Gasteiger partial charge on any atom is -0.490 e. The van der Waals surface area contributed by atoms with Crippen molar-refractivity contribution in [3.63, 3.8) is 0 Å². The molecule has 2 rings (SSSR count). The summed E-state index contributed by atoms with van der Waals surface area (Å²) >= 11 is 0. The van der Waals surface area contributed by atoms with Crippen LogP contribution < -0.4 is 4.74 Å². The number of carboxylic acids is 1. The molecule has 0 radical (unpaired) electrons. The molecular weight excluding hydrogens is 386 g/mol. The van der Waals surface area contributed by atoms with Crippen LogP contribution >= 0.6 is 0 Å². The van der Waals surface area contributed by atoms with Gasteiger partial charge in [0.1, 0.15) is 0 Å². The number of carbonyl (C=O) groups is 1. The lowest BCUT2D eigenvalue weighted by molar-refractivity contribution is 0.0697. The standard InChI is InChI=1S/C25H28F2O3/c1-2-3-4-5-6-7-8-9-18-30-22-17-16-20(23(26)24(22)27)13-10-19-11-14-21(15-12-19)25(28)29/h11-12,14-17H,2-9,18H2,1H3,(H,28,29). The van der Waals surface area contributed by atoms with Gasteiger partial charge in [0.05, 0.1) is 17.7 Å². The zero-order valence-corrected chi connectivity index (χ0v) is 17.3. The van der Waals surface area contributed by atoms with Crippen LogP contribution in [-0.2, 0) is 0 Å². The SMILES string of the molecule is CCCCCCCCCCOc1ccc(C#Cc2ccc(C(=O)O)cc2)c(F)c1F. The van der Waals surface area contributed by atoms with Crippen LogP contribution in [0.25, 0.3) is 0 Å². The lowest BCUT2D eigenvalue weighted by atomic mass is 10.1. The van der Waals surface area contributed by atoms with Gasteiger partial charge in [0, 0.05) is 5.56 Å². The Kier molecular flexibility index (Phi) is 9.86. The third-order valence-electron chi connectivity index (χ3n) is 4.78. The van der Waals surface area contributed by atoms with Crippen molar-refractivity contribution in [2.24, 2.45) is 0 Å². The van der Waals surface area contributed by atoms with Crippen molar-refractivity contribution in [1.82, 2.24) is 0 Å². The van der Waals surface area contributed by atoms with Gasteiger partial charge in [-0.05, 0) is 42.8 Å². The van der Waals surface area contributed by atoms with Crippen molar-refractivity contribution in [1.29, 1.82) is 0 Å². The quantitative estimate of drug-likeness (QED) is 0.334. The van der Waals surface area contributed by atoms with E-state index >= 15 is 0 Å². The second-order valence-electron chi connectivity index (χ2n) is 7.20. The molecule has 30 heavy (non-hydrogen) atoms. The highest BCUT2D eigenvalue weighted by molar-refractivity contribution is 5.87. The largest absolute Gasteiger partial charge is 0.490 e. The Bertz CT molecular complexity index is 880. The van der Waals surface area contributed by atoms with Crippen LogP contribution in [-0.4, -0.2) is 17.7 Å². The molecule has 0 unspecified atom stereocenters. The van der Waals surface area contributed by atoms with Crippen molar-refractivity contribution in [3.05, 3.63) is 64.7 Å². The average Bonchev–Trinajstić information content (AvgIpc) is 2.75. The first-order valence-corrected chi connectivity index (χ1v) is 10.5. The van der Waals surface area contributed by atoms with E-state index in [1.807, 2.05) is 0 Å². The Hall–Kier alpha value is -2.87. The van der Waals surface area contributed by atoms with Crippen LogP contribution in [0.5, 0.6) is 5.75 Å². The van der Waals surface area contributed by atoms with Gasteiger partial charge in [0.2, 0.25) is 5.82 Å². The zero-order valence-electron chi connectivity index (χ0n) is 17.3. The molecule has 0 bridgehead atoms. The molecule has 0 spiro atoms. The summed E-state index contributed by atoms with van der Waals surface area (Å²) in [5, 5.41) is 8.88. The number of benzene rings is 2. The van der Waals surface area contributed by atoms with Crippen LogP contribution in [0.1, 0.15) is 79.8 Å². The van der Waals surface area contributed by atoms with Crippen LogP contribution in [0.3, 0.4) is 0 Å². The number of carboxylic acid groups (broad SMARTS) is 1. The molecule has 1 N–H and O–H groups in total. The van der Waals surface area contributed by atoms with E-state index in [2.05, 4.69) is 18.8 Å². The smallest absolute Gasteiger partial charge is 0.335 e. The monoisotopic (exact) mass is 414 g/mol. The fourth-order valence-corrected chi connectivity index (χ4v) is 2.99. The van der Waals surface area contributed by atoms with E-state index in [0.29, 0.717) is 12.2 Å². The summed E-state index contributed by atoms with van der Waals surface area (Å²) < 4.78 is 33.9. The Balaban J connectivity index is 1.85. The van der Waals surface area contributed by atoms with Gasteiger partial charge in [-0.25, -0.2) is 9.18 Å². The fourth-order valence-electron chi connectivity index (χ4n) is 2.99. The Morgan fingerprint density at radius 1 is 0.867 bits per heavy atom. The number of ether oxygens (including phenoxy) is 1. The molecular formula is C25H28F2O3. The van der Waals surface area contributed by atoms with Gasteiger partial charge >= 0.3 is 5.97 Å². The third-order valence-corrected chi connectivity index (χ3v) is 4.78. The summed E-state index contributed by atoms with van der Waals surface area (Å²) in [5.74, 6) is 2.07. The van der Waals surface area contributed by atoms with Gasteiger partial charge in [-0.1, -0.05) is 63.7 Å². The maximum Gasteiger partial charge on any atom is 0.335 e. The molecule has 160 valence electrons. The van der Waals surface area contributed by atoms with E-state index in [1.54, 1.807) is 0 Å². The van der Waals surface area contributed by atoms with Crippen LogP contribution in [0.2, 0.25) is 0 Å². The second-order valence-corrected chi connectivity index (χ2v) is 7.20. The number of hydrogen-bond acceptors (Lipinski definition) is 2. The summed E-state index contributed by atoms with van der Waals surface area (Å²) in [6, 6.07) is 8.63. The minimum atomic E-state index is -1.04. The molecule has 0 fully saturated rings.